The van der Waals surface area contributed by atoms with Crippen LogP contribution in [0.2, 0.25) is 0 Å². The molecule has 0 unspecified atom stereocenters. The summed E-state index contributed by atoms with van der Waals surface area (Å²) in [6, 6.07) is 17.7. The van der Waals surface area contributed by atoms with E-state index < -0.39 is 0 Å². The van der Waals surface area contributed by atoms with Crippen LogP contribution in [0.15, 0.2) is 59.5 Å². The van der Waals surface area contributed by atoms with Crippen molar-refractivity contribution < 1.29 is 4.79 Å². The fraction of sp³-hybridized carbons (Fsp3) is 0.0714. The summed E-state index contributed by atoms with van der Waals surface area (Å²) in [6.07, 6.45) is 0. The van der Waals surface area contributed by atoms with Gasteiger partial charge in [-0.05, 0) is 29.8 Å². The molecule has 2 rings (SSSR count). The zero-order valence-corrected chi connectivity index (χ0v) is 10.6. The van der Waals surface area contributed by atoms with Gasteiger partial charge in [-0.2, -0.15) is 0 Å². The fourth-order valence-corrected chi connectivity index (χ4v) is 2.39. The van der Waals surface area contributed by atoms with Crippen LogP contribution in [0.3, 0.4) is 0 Å². The lowest BCUT2D eigenvalue weighted by atomic mass is 10.1. The molecule has 1 amide bonds. The number of carbonyl (C=O) groups excluding carboxylic acids is 1. The van der Waals surface area contributed by atoms with Crippen LogP contribution in [0.4, 0.5) is 0 Å². The van der Waals surface area contributed by atoms with Gasteiger partial charge in [-0.1, -0.05) is 30.3 Å². The lowest BCUT2D eigenvalue weighted by Gasteiger charge is -2.03. The standard InChI is InChI=1S/C14H14N2OS/c15-16-14(17)12-8-6-11(7-9-12)10-18-13-4-2-1-3-5-13/h1-9H,10,15H2,(H,16,17). The van der Waals surface area contributed by atoms with E-state index in [1.807, 2.05) is 30.3 Å². The highest BCUT2D eigenvalue weighted by atomic mass is 32.2. The highest BCUT2D eigenvalue weighted by Gasteiger charge is 2.02. The number of benzene rings is 2. The van der Waals surface area contributed by atoms with Gasteiger partial charge < -0.3 is 0 Å². The normalized spacial score (nSPS) is 10.1. The monoisotopic (exact) mass is 258 g/mol. The molecule has 0 aliphatic heterocycles. The van der Waals surface area contributed by atoms with Gasteiger partial charge in [-0.15, -0.1) is 11.8 Å². The number of nitrogens with two attached hydrogens (primary N) is 1. The van der Waals surface area contributed by atoms with Crippen LogP contribution in [-0.2, 0) is 5.75 Å². The zero-order valence-electron chi connectivity index (χ0n) is 9.80. The molecule has 0 heterocycles. The summed E-state index contributed by atoms with van der Waals surface area (Å²) in [4.78, 5) is 12.5. The largest absolute Gasteiger partial charge is 0.290 e. The van der Waals surface area contributed by atoms with Gasteiger partial charge in [-0.3, -0.25) is 10.2 Å². The number of thioether (sulfide) groups is 1. The van der Waals surface area contributed by atoms with Crippen LogP contribution in [0, 0.1) is 0 Å². The topological polar surface area (TPSA) is 55.1 Å². The lowest BCUT2D eigenvalue weighted by Crippen LogP contribution is -2.29. The van der Waals surface area contributed by atoms with Gasteiger partial charge in [0, 0.05) is 16.2 Å². The van der Waals surface area contributed by atoms with E-state index in [4.69, 9.17) is 5.84 Å². The predicted octanol–water partition coefficient (Wildman–Crippen LogP) is 2.58. The zero-order chi connectivity index (χ0) is 12.8. The number of nitrogen functional groups attached to an aromatic ring is 1. The molecular weight excluding hydrogens is 244 g/mol. The minimum absolute atomic E-state index is 0.266. The highest BCUT2D eigenvalue weighted by molar-refractivity contribution is 7.98. The van der Waals surface area contributed by atoms with Crippen molar-refractivity contribution in [1.82, 2.24) is 5.43 Å². The molecule has 4 heteroatoms. The van der Waals surface area contributed by atoms with Crippen LogP contribution in [0.5, 0.6) is 0 Å². The second-order valence-electron chi connectivity index (χ2n) is 3.77. The number of hydrogen-bond donors (Lipinski definition) is 2. The quantitative estimate of drug-likeness (QED) is 0.383. The van der Waals surface area contributed by atoms with E-state index in [2.05, 4.69) is 17.6 Å². The Morgan fingerprint density at radius 3 is 2.33 bits per heavy atom. The smallest absolute Gasteiger partial charge is 0.265 e. The molecular formula is C14H14N2OS. The highest BCUT2D eigenvalue weighted by Crippen LogP contribution is 2.22. The van der Waals surface area contributed by atoms with Crippen molar-refractivity contribution in [2.75, 3.05) is 0 Å². The fourth-order valence-electron chi connectivity index (χ4n) is 1.52. The van der Waals surface area contributed by atoms with Crippen molar-refractivity contribution >= 4 is 17.7 Å². The van der Waals surface area contributed by atoms with Gasteiger partial charge in [0.25, 0.3) is 5.91 Å². The number of hydrogen-bond acceptors (Lipinski definition) is 3. The van der Waals surface area contributed by atoms with Gasteiger partial charge >= 0.3 is 0 Å². The van der Waals surface area contributed by atoms with E-state index in [0.717, 1.165) is 5.75 Å². The van der Waals surface area contributed by atoms with E-state index in [-0.39, 0.29) is 5.91 Å². The SMILES string of the molecule is NNC(=O)c1ccc(CSc2ccccc2)cc1. The minimum Gasteiger partial charge on any atom is -0.290 e. The molecule has 0 aliphatic rings. The van der Waals surface area contributed by atoms with E-state index >= 15 is 0 Å². The number of carbonyl (C=O) groups is 1. The molecule has 0 saturated heterocycles. The molecule has 0 aliphatic carbocycles. The van der Waals surface area contributed by atoms with Gasteiger partial charge in [0.2, 0.25) is 0 Å². The van der Waals surface area contributed by atoms with Gasteiger partial charge in [-0.25, -0.2) is 5.84 Å². The Morgan fingerprint density at radius 1 is 1.06 bits per heavy atom. The van der Waals surface area contributed by atoms with Crippen molar-refractivity contribution in [3.63, 3.8) is 0 Å². The Balaban J connectivity index is 1.97. The van der Waals surface area contributed by atoms with Crippen molar-refractivity contribution in [2.45, 2.75) is 10.6 Å². The van der Waals surface area contributed by atoms with E-state index in [1.54, 1.807) is 23.9 Å². The summed E-state index contributed by atoms with van der Waals surface area (Å²) in [6.45, 7) is 0. The second kappa shape index (κ2) is 6.23. The first-order valence-electron chi connectivity index (χ1n) is 5.57. The Labute approximate surface area is 110 Å². The molecule has 3 N–H and O–H groups in total. The van der Waals surface area contributed by atoms with Crippen LogP contribution in [0.25, 0.3) is 0 Å². The third-order valence-electron chi connectivity index (χ3n) is 2.50. The molecule has 0 radical (unpaired) electrons. The van der Waals surface area contributed by atoms with Crippen LogP contribution >= 0.6 is 11.8 Å². The van der Waals surface area contributed by atoms with Gasteiger partial charge in [0.05, 0.1) is 0 Å². The first-order valence-corrected chi connectivity index (χ1v) is 6.56. The number of nitrogens with one attached hydrogen (secondary N) is 1. The van der Waals surface area contributed by atoms with E-state index in [0.29, 0.717) is 5.56 Å². The lowest BCUT2D eigenvalue weighted by molar-refractivity contribution is 0.0953. The predicted molar refractivity (Wildman–Crippen MR) is 74.1 cm³/mol. The maximum absolute atomic E-state index is 11.3. The second-order valence-corrected chi connectivity index (χ2v) is 4.82. The average molecular weight is 258 g/mol. The van der Waals surface area contributed by atoms with Crippen molar-refractivity contribution in [3.05, 3.63) is 65.7 Å². The molecule has 2 aromatic rings. The third kappa shape index (κ3) is 3.35. The number of rotatable bonds is 4. The molecule has 0 atom stereocenters. The first kappa shape index (κ1) is 12.7. The van der Waals surface area contributed by atoms with Gasteiger partial charge in [0.15, 0.2) is 0 Å². The summed E-state index contributed by atoms with van der Waals surface area (Å²) < 4.78 is 0. The van der Waals surface area contributed by atoms with E-state index in [9.17, 15) is 4.79 Å². The Kier molecular flexibility index (Phi) is 4.39. The van der Waals surface area contributed by atoms with Crippen molar-refractivity contribution in [1.29, 1.82) is 0 Å². The summed E-state index contributed by atoms with van der Waals surface area (Å²) in [5.74, 6) is 5.69. The van der Waals surface area contributed by atoms with Crippen LogP contribution < -0.4 is 11.3 Å². The molecule has 18 heavy (non-hydrogen) atoms. The van der Waals surface area contributed by atoms with Crippen molar-refractivity contribution in [2.24, 2.45) is 5.84 Å². The Bertz CT molecular complexity index is 511. The molecule has 3 nitrogen and oxygen atoms in total. The summed E-state index contributed by atoms with van der Waals surface area (Å²) in [5, 5.41) is 0. The van der Waals surface area contributed by atoms with Crippen molar-refractivity contribution in [3.8, 4) is 0 Å². The Hall–Kier alpha value is -1.78. The molecule has 2 aromatic carbocycles. The van der Waals surface area contributed by atoms with Crippen LogP contribution in [0.1, 0.15) is 15.9 Å². The first-order chi connectivity index (χ1) is 8.79. The molecule has 0 spiro atoms. The summed E-state index contributed by atoms with van der Waals surface area (Å²) >= 11 is 1.77. The summed E-state index contributed by atoms with van der Waals surface area (Å²) in [5.41, 5.74) is 3.87. The molecule has 0 fully saturated rings. The number of amides is 1. The van der Waals surface area contributed by atoms with Crippen LogP contribution in [-0.4, -0.2) is 5.91 Å². The maximum Gasteiger partial charge on any atom is 0.265 e. The maximum atomic E-state index is 11.3. The molecule has 0 saturated carbocycles. The third-order valence-corrected chi connectivity index (χ3v) is 3.58. The number of hydrazine groups is 1. The van der Waals surface area contributed by atoms with E-state index in [1.165, 1.54) is 10.5 Å². The Morgan fingerprint density at radius 2 is 1.72 bits per heavy atom. The molecule has 92 valence electrons. The van der Waals surface area contributed by atoms with Gasteiger partial charge in [0.1, 0.15) is 0 Å². The minimum atomic E-state index is -0.266. The summed E-state index contributed by atoms with van der Waals surface area (Å²) in [7, 11) is 0. The molecule has 0 bridgehead atoms. The average Bonchev–Trinajstić information content (AvgIpc) is 2.46. The molecule has 0 aromatic heterocycles.